The molecule has 106 valence electrons. The third kappa shape index (κ3) is 3.08. The van der Waals surface area contributed by atoms with Gasteiger partial charge in [0.1, 0.15) is 0 Å². The van der Waals surface area contributed by atoms with Crippen molar-refractivity contribution in [3.63, 3.8) is 0 Å². The van der Waals surface area contributed by atoms with Crippen LogP contribution in [0, 0.1) is 10.8 Å². The Hall–Kier alpha value is -0.0800. The summed E-state index contributed by atoms with van der Waals surface area (Å²) in [5.41, 5.74) is 0.592. The first-order valence-corrected chi connectivity index (χ1v) is 7.74. The van der Waals surface area contributed by atoms with Crippen molar-refractivity contribution in [3.05, 3.63) is 0 Å². The van der Waals surface area contributed by atoms with E-state index in [1.54, 1.807) is 0 Å². The van der Waals surface area contributed by atoms with Crippen LogP contribution in [-0.4, -0.2) is 35.2 Å². The molecule has 18 heavy (non-hydrogen) atoms. The van der Waals surface area contributed by atoms with Crippen LogP contribution < -0.4 is 0 Å². The van der Waals surface area contributed by atoms with E-state index in [4.69, 9.17) is 0 Å². The number of aliphatic hydroxyl groups is 1. The van der Waals surface area contributed by atoms with Crippen LogP contribution in [0.5, 0.6) is 0 Å². The molecule has 0 radical (unpaired) electrons. The summed E-state index contributed by atoms with van der Waals surface area (Å²) in [7, 11) is 0. The SMILES string of the molecule is CC1(C)CCCN(C2CCCC(C)(C)C2O)CC1. The second-order valence-electron chi connectivity index (χ2n) is 7.95. The fraction of sp³-hybridized carbons (Fsp3) is 1.00. The number of nitrogens with zero attached hydrogens (tertiary/aromatic N) is 1. The lowest BCUT2D eigenvalue weighted by molar-refractivity contribution is -0.0569. The molecule has 1 aliphatic heterocycles. The van der Waals surface area contributed by atoms with E-state index in [1.807, 2.05) is 0 Å². The molecular weight excluding hydrogens is 222 g/mol. The summed E-state index contributed by atoms with van der Waals surface area (Å²) in [6.45, 7) is 11.6. The molecule has 1 saturated heterocycles. The van der Waals surface area contributed by atoms with Gasteiger partial charge in [0, 0.05) is 6.04 Å². The molecule has 1 heterocycles. The van der Waals surface area contributed by atoms with Gasteiger partial charge in [-0.1, -0.05) is 34.1 Å². The molecule has 1 saturated carbocycles. The molecule has 1 N–H and O–H groups in total. The van der Waals surface area contributed by atoms with Crippen molar-refractivity contribution in [2.24, 2.45) is 10.8 Å². The maximum absolute atomic E-state index is 10.6. The van der Waals surface area contributed by atoms with Crippen LogP contribution in [0.4, 0.5) is 0 Å². The van der Waals surface area contributed by atoms with Crippen molar-refractivity contribution in [1.82, 2.24) is 4.90 Å². The number of hydrogen-bond donors (Lipinski definition) is 1. The summed E-state index contributed by atoms with van der Waals surface area (Å²) in [6, 6.07) is 0.405. The van der Waals surface area contributed by atoms with Crippen molar-refractivity contribution in [2.75, 3.05) is 13.1 Å². The maximum Gasteiger partial charge on any atom is 0.0746 e. The Morgan fingerprint density at radius 1 is 0.944 bits per heavy atom. The lowest BCUT2D eigenvalue weighted by atomic mass is 9.72. The van der Waals surface area contributed by atoms with E-state index in [1.165, 1.54) is 51.6 Å². The summed E-state index contributed by atoms with van der Waals surface area (Å²) in [4.78, 5) is 2.58. The fourth-order valence-electron chi connectivity index (χ4n) is 3.75. The topological polar surface area (TPSA) is 23.5 Å². The van der Waals surface area contributed by atoms with Gasteiger partial charge in [0.2, 0.25) is 0 Å². The molecule has 2 rings (SSSR count). The number of hydrogen-bond acceptors (Lipinski definition) is 2. The molecule has 2 atom stereocenters. The Morgan fingerprint density at radius 2 is 1.67 bits per heavy atom. The van der Waals surface area contributed by atoms with Crippen molar-refractivity contribution < 1.29 is 5.11 Å². The monoisotopic (exact) mass is 253 g/mol. The minimum absolute atomic E-state index is 0.102. The van der Waals surface area contributed by atoms with E-state index in [-0.39, 0.29) is 11.5 Å². The lowest BCUT2D eigenvalue weighted by Crippen LogP contribution is -2.52. The first-order chi connectivity index (χ1) is 8.32. The van der Waals surface area contributed by atoms with Crippen LogP contribution >= 0.6 is 0 Å². The molecule has 2 heteroatoms. The van der Waals surface area contributed by atoms with Gasteiger partial charge >= 0.3 is 0 Å². The largest absolute Gasteiger partial charge is 0.391 e. The molecule has 0 aromatic carbocycles. The predicted octanol–water partition coefficient (Wildman–Crippen LogP) is 3.44. The standard InChI is InChI=1S/C16H31NO/c1-15(2)8-6-11-17(12-10-15)13-7-5-9-16(3,4)14(13)18/h13-14,18H,5-12H2,1-4H3. The van der Waals surface area contributed by atoms with E-state index in [0.717, 1.165) is 0 Å². The first kappa shape index (κ1) is 14.3. The highest BCUT2D eigenvalue weighted by atomic mass is 16.3. The second-order valence-corrected chi connectivity index (χ2v) is 7.95. The van der Waals surface area contributed by atoms with Gasteiger partial charge in [-0.25, -0.2) is 0 Å². The molecule has 0 spiro atoms. The molecule has 1 aliphatic carbocycles. The van der Waals surface area contributed by atoms with Gasteiger partial charge in [0.25, 0.3) is 0 Å². The number of likely N-dealkylation sites (tertiary alicyclic amines) is 1. The van der Waals surface area contributed by atoms with E-state index in [0.29, 0.717) is 11.5 Å². The van der Waals surface area contributed by atoms with Crippen LogP contribution in [0.2, 0.25) is 0 Å². The Morgan fingerprint density at radius 3 is 2.39 bits per heavy atom. The van der Waals surface area contributed by atoms with Gasteiger partial charge in [-0.15, -0.1) is 0 Å². The Kier molecular flexibility index (Phi) is 4.08. The second kappa shape index (κ2) is 5.13. The highest BCUT2D eigenvalue weighted by Crippen LogP contribution is 2.39. The highest BCUT2D eigenvalue weighted by Gasteiger charge is 2.41. The zero-order valence-electron chi connectivity index (χ0n) is 12.7. The van der Waals surface area contributed by atoms with Crippen molar-refractivity contribution >= 4 is 0 Å². The van der Waals surface area contributed by atoms with E-state index in [2.05, 4.69) is 32.6 Å². The molecule has 0 bridgehead atoms. The molecule has 0 aromatic rings. The maximum atomic E-state index is 10.6. The Balaban J connectivity index is 2.02. The quantitative estimate of drug-likeness (QED) is 0.774. The van der Waals surface area contributed by atoms with Crippen molar-refractivity contribution in [2.45, 2.75) is 78.4 Å². The predicted molar refractivity (Wildman–Crippen MR) is 76.6 cm³/mol. The molecular formula is C16H31NO. The van der Waals surface area contributed by atoms with Gasteiger partial charge in [-0.05, 0) is 56.0 Å². The Bertz CT molecular complexity index is 285. The zero-order valence-corrected chi connectivity index (χ0v) is 12.7. The van der Waals surface area contributed by atoms with Crippen LogP contribution in [0.3, 0.4) is 0 Å². The minimum Gasteiger partial charge on any atom is -0.391 e. The van der Waals surface area contributed by atoms with Crippen molar-refractivity contribution in [1.29, 1.82) is 0 Å². The van der Waals surface area contributed by atoms with Crippen molar-refractivity contribution in [3.8, 4) is 0 Å². The Labute approximate surface area is 113 Å². The first-order valence-electron chi connectivity index (χ1n) is 7.74. The van der Waals surface area contributed by atoms with Gasteiger partial charge in [-0.3, -0.25) is 4.90 Å². The summed E-state index contributed by atoms with van der Waals surface area (Å²) >= 11 is 0. The van der Waals surface area contributed by atoms with E-state index >= 15 is 0 Å². The fourth-order valence-corrected chi connectivity index (χ4v) is 3.75. The molecule has 2 nitrogen and oxygen atoms in total. The summed E-state index contributed by atoms with van der Waals surface area (Å²) in [5.74, 6) is 0. The normalized spacial score (nSPS) is 37.2. The average Bonchev–Trinajstić information content (AvgIpc) is 2.44. The summed E-state index contributed by atoms with van der Waals surface area (Å²) < 4.78 is 0. The third-order valence-corrected chi connectivity index (χ3v) is 5.33. The molecule has 0 amide bonds. The van der Waals surface area contributed by atoms with Gasteiger partial charge < -0.3 is 5.11 Å². The smallest absolute Gasteiger partial charge is 0.0746 e. The molecule has 2 fully saturated rings. The minimum atomic E-state index is -0.146. The average molecular weight is 253 g/mol. The van der Waals surface area contributed by atoms with Gasteiger partial charge in [-0.2, -0.15) is 0 Å². The highest BCUT2D eigenvalue weighted by molar-refractivity contribution is 4.94. The van der Waals surface area contributed by atoms with E-state index in [9.17, 15) is 5.11 Å². The van der Waals surface area contributed by atoms with Crippen LogP contribution in [-0.2, 0) is 0 Å². The van der Waals surface area contributed by atoms with Crippen LogP contribution in [0.25, 0.3) is 0 Å². The number of rotatable bonds is 1. The van der Waals surface area contributed by atoms with E-state index < -0.39 is 0 Å². The lowest BCUT2D eigenvalue weighted by Gasteiger charge is -2.45. The third-order valence-electron chi connectivity index (χ3n) is 5.33. The molecule has 0 aromatic heterocycles. The van der Waals surface area contributed by atoms with Gasteiger partial charge in [0.05, 0.1) is 6.10 Å². The number of aliphatic hydroxyl groups excluding tert-OH is 1. The molecule has 2 aliphatic rings. The summed E-state index contributed by atoms with van der Waals surface area (Å²) in [6.07, 6.45) is 7.37. The summed E-state index contributed by atoms with van der Waals surface area (Å²) in [5, 5.41) is 10.6. The molecule has 2 unspecified atom stereocenters. The zero-order chi connectivity index (χ0) is 13.4. The van der Waals surface area contributed by atoms with Gasteiger partial charge in [0.15, 0.2) is 0 Å². The van der Waals surface area contributed by atoms with Crippen LogP contribution in [0.15, 0.2) is 0 Å². The van der Waals surface area contributed by atoms with Crippen LogP contribution in [0.1, 0.15) is 66.2 Å².